The van der Waals surface area contributed by atoms with Crippen LogP contribution < -0.4 is 0 Å². The summed E-state index contributed by atoms with van der Waals surface area (Å²) in [6.07, 6.45) is 29.8. The Balaban J connectivity index is 0.000000192. The maximum atomic E-state index is 2.43. The van der Waals surface area contributed by atoms with Gasteiger partial charge in [0, 0.05) is 0 Å². The Morgan fingerprint density at radius 3 is 1.52 bits per heavy atom. The topological polar surface area (TPSA) is 0 Å². The van der Waals surface area contributed by atoms with Crippen LogP contribution in [0.15, 0.2) is 18.2 Å². The summed E-state index contributed by atoms with van der Waals surface area (Å²) >= 11 is 0. The number of fused-ring (bicyclic) bond motifs is 1. The Morgan fingerprint density at radius 2 is 1.00 bits per heavy atom. The van der Waals surface area contributed by atoms with E-state index in [2.05, 4.69) is 25.1 Å². The molecule has 5 rings (SSSR count). The number of hydrogen-bond acceptors (Lipinski definition) is 0. The molecule has 0 atom stereocenters. The zero-order valence-electron chi connectivity index (χ0n) is 20.7. The number of rotatable bonds is 4. The lowest BCUT2D eigenvalue weighted by Crippen LogP contribution is -2.22. The molecule has 4 aliphatic rings. The Labute approximate surface area is 194 Å². The first kappa shape index (κ1) is 23.4. The molecule has 0 heteroatoms. The van der Waals surface area contributed by atoms with Crippen molar-refractivity contribution in [2.75, 3.05) is 0 Å². The van der Waals surface area contributed by atoms with Gasteiger partial charge in [0.1, 0.15) is 0 Å². The molecule has 0 spiro atoms. The van der Waals surface area contributed by atoms with Crippen LogP contribution in [-0.2, 0) is 12.8 Å². The van der Waals surface area contributed by atoms with Gasteiger partial charge in [0.2, 0.25) is 0 Å². The highest BCUT2D eigenvalue weighted by atomic mass is 14.3. The third-order valence-electron chi connectivity index (χ3n) is 9.42. The predicted octanol–water partition coefficient (Wildman–Crippen LogP) is 9.61. The zero-order chi connectivity index (χ0) is 21.3. The quantitative estimate of drug-likeness (QED) is 0.453. The molecule has 0 amide bonds. The lowest BCUT2D eigenvalue weighted by molar-refractivity contribution is 0.171. The molecule has 31 heavy (non-hydrogen) atoms. The van der Waals surface area contributed by atoms with Crippen molar-refractivity contribution in [3.05, 3.63) is 34.9 Å². The molecule has 0 heterocycles. The first-order valence-corrected chi connectivity index (χ1v) is 14.4. The van der Waals surface area contributed by atoms with Crippen molar-refractivity contribution in [3.63, 3.8) is 0 Å². The van der Waals surface area contributed by atoms with Gasteiger partial charge in [-0.1, -0.05) is 134 Å². The van der Waals surface area contributed by atoms with Crippen molar-refractivity contribution < 1.29 is 0 Å². The van der Waals surface area contributed by atoms with E-state index in [1.807, 2.05) is 0 Å². The molecule has 1 aromatic rings. The van der Waals surface area contributed by atoms with E-state index in [9.17, 15) is 0 Å². The monoisotopic (exact) mass is 422 g/mol. The first-order chi connectivity index (χ1) is 15.3. The molecule has 4 saturated carbocycles. The Kier molecular flexibility index (Phi) is 9.40. The van der Waals surface area contributed by atoms with E-state index in [0.717, 1.165) is 23.7 Å². The second-order valence-electron chi connectivity index (χ2n) is 11.7. The number of aryl methyl sites for hydroxylation is 1. The van der Waals surface area contributed by atoms with Gasteiger partial charge in [-0.3, -0.25) is 0 Å². The molecule has 4 fully saturated rings. The summed E-state index contributed by atoms with van der Waals surface area (Å²) in [4.78, 5) is 0. The van der Waals surface area contributed by atoms with E-state index < -0.39 is 0 Å². The van der Waals surface area contributed by atoms with Crippen LogP contribution in [0, 0.1) is 30.6 Å². The lowest BCUT2D eigenvalue weighted by Gasteiger charge is -2.35. The van der Waals surface area contributed by atoms with Gasteiger partial charge in [-0.05, 0) is 60.1 Å². The molecule has 0 aliphatic heterocycles. The number of hydrogen-bond donors (Lipinski definition) is 0. The molecule has 4 aliphatic carbocycles. The lowest BCUT2D eigenvalue weighted by atomic mass is 9.71. The van der Waals surface area contributed by atoms with Crippen LogP contribution in [0.25, 0.3) is 0 Å². The van der Waals surface area contributed by atoms with Crippen molar-refractivity contribution in [2.24, 2.45) is 23.7 Å². The van der Waals surface area contributed by atoms with Crippen LogP contribution in [0.2, 0.25) is 0 Å². The van der Waals surface area contributed by atoms with Gasteiger partial charge in [-0.15, -0.1) is 0 Å². The average Bonchev–Trinajstić information content (AvgIpc) is 2.83. The predicted molar refractivity (Wildman–Crippen MR) is 136 cm³/mol. The largest absolute Gasteiger partial charge is 0.0617 e. The maximum Gasteiger partial charge on any atom is -0.0245 e. The molecule has 0 nitrogen and oxygen atoms in total. The molecular weight excluding hydrogens is 372 g/mol. The van der Waals surface area contributed by atoms with E-state index in [0.29, 0.717) is 0 Å². The molecule has 0 aromatic heterocycles. The van der Waals surface area contributed by atoms with Crippen LogP contribution in [0.1, 0.15) is 132 Å². The molecule has 1 aromatic carbocycles. The molecule has 174 valence electrons. The smallest absolute Gasteiger partial charge is 0.0245 e. The third-order valence-corrected chi connectivity index (χ3v) is 9.42. The SMILES string of the molecule is C1CCC2CCCCC2C1.Cc1cccc(CC2CCCCC2)c1CC1CCCCC1. The second kappa shape index (κ2) is 12.5. The van der Waals surface area contributed by atoms with E-state index >= 15 is 0 Å². The number of benzene rings is 1. The van der Waals surface area contributed by atoms with Gasteiger partial charge in [-0.25, -0.2) is 0 Å². The van der Waals surface area contributed by atoms with E-state index in [1.165, 1.54) is 103 Å². The summed E-state index contributed by atoms with van der Waals surface area (Å²) in [5.41, 5.74) is 4.95. The van der Waals surface area contributed by atoms with Crippen molar-refractivity contribution >= 4 is 0 Å². The van der Waals surface area contributed by atoms with Gasteiger partial charge in [0.15, 0.2) is 0 Å². The van der Waals surface area contributed by atoms with Crippen molar-refractivity contribution in [2.45, 2.75) is 135 Å². The van der Waals surface area contributed by atoms with Gasteiger partial charge in [-0.2, -0.15) is 0 Å². The zero-order valence-corrected chi connectivity index (χ0v) is 20.7. The van der Waals surface area contributed by atoms with Crippen molar-refractivity contribution in [1.82, 2.24) is 0 Å². The van der Waals surface area contributed by atoms with Crippen molar-refractivity contribution in [1.29, 1.82) is 0 Å². The minimum absolute atomic E-state index is 0.963. The average molecular weight is 423 g/mol. The minimum Gasteiger partial charge on any atom is -0.0617 e. The summed E-state index contributed by atoms with van der Waals surface area (Å²) in [6.45, 7) is 2.34. The fourth-order valence-corrected chi connectivity index (χ4v) is 7.49. The van der Waals surface area contributed by atoms with Crippen molar-refractivity contribution in [3.8, 4) is 0 Å². The molecular formula is C31H50. The van der Waals surface area contributed by atoms with Gasteiger partial charge in [0.05, 0.1) is 0 Å². The summed E-state index contributed by atoms with van der Waals surface area (Å²) in [5, 5.41) is 0. The summed E-state index contributed by atoms with van der Waals surface area (Å²) in [6, 6.07) is 7.06. The Bertz CT molecular complexity index is 605. The standard InChI is InChI=1S/C21H32.C10H18/c1-17-9-8-14-20(15-18-10-4-2-5-11-18)21(17)16-19-12-6-3-7-13-19;1-2-6-10-8-4-3-7-9(10)5-1/h8-9,14,18-19H,2-7,10-13,15-16H2,1H3;9-10H,1-8H2. The fourth-order valence-electron chi connectivity index (χ4n) is 7.49. The molecule has 0 unspecified atom stereocenters. The highest BCUT2D eigenvalue weighted by Gasteiger charge is 2.27. The van der Waals surface area contributed by atoms with E-state index in [4.69, 9.17) is 0 Å². The second-order valence-corrected chi connectivity index (χ2v) is 11.7. The summed E-state index contributed by atoms with van der Waals surface area (Å²) in [5.74, 6) is 4.24. The summed E-state index contributed by atoms with van der Waals surface area (Å²) < 4.78 is 0. The minimum atomic E-state index is 0.963. The molecule has 0 bridgehead atoms. The van der Waals surface area contributed by atoms with Crippen LogP contribution in [0.4, 0.5) is 0 Å². The van der Waals surface area contributed by atoms with Gasteiger partial charge >= 0.3 is 0 Å². The molecule has 0 N–H and O–H groups in total. The highest BCUT2D eigenvalue weighted by Crippen LogP contribution is 2.40. The Morgan fingerprint density at radius 1 is 0.548 bits per heavy atom. The normalized spacial score (nSPS) is 27.8. The first-order valence-electron chi connectivity index (χ1n) is 14.4. The molecule has 0 radical (unpaired) electrons. The fraction of sp³-hybridized carbons (Fsp3) is 0.806. The molecule has 0 saturated heterocycles. The van der Waals surface area contributed by atoms with E-state index in [-0.39, 0.29) is 0 Å². The van der Waals surface area contributed by atoms with Crippen LogP contribution >= 0.6 is 0 Å². The van der Waals surface area contributed by atoms with Crippen LogP contribution in [-0.4, -0.2) is 0 Å². The van der Waals surface area contributed by atoms with Gasteiger partial charge < -0.3 is 0 Å². The van der Waals surface area contributed by atoms with Crippen LogP contribution in [0.3, 0.4) is 0 Å². The maximum absolute atomic E-state index is 2.43. The van der Waals surface area contributed by atoms with Crippen LogP contribution in [0.5, 0.6) is 0 Å². The summed E-state index contributed by atoms with van der Waals surface area (Å²) in [7, 11) is 0. The Hall–Kier alpha value is -0.780. The third kappa shape index (κ3) is 7.10. The van der Waals surface area contributed by atoms with Gasteiger partial charge in [0.25, 0.3) is 0 Å². The van der Waals surface area contributed by atoms with E-state index in [1.54, 1.807) is 42.4 Å². The highest BCUT2D eigenvalue weighted by molar-refractivity contribution is 5.35.